The topological polar surface area (TPSA) is 121 Å². The third kappa shape index (κ3) is 5.55. The molecule has 1 saturated heterocycles. The molecule has 0 unspecified atom stereocenters. The van der Waals surface area contributed by atoms with Crippen LogP contribution in [0.25, 0.3) is 0 Å². The second kappa shape index (κ2) is 10.1. The average Bonchev–Trinajstić information content (AvgIpc) is 2.81. The highest BCUT2D eigenvalue weighted by Gasteiger charge is 2.16. The average molecular weight is 497 g/mol. The zero-order valence-corrected chi connectivity index (χ0v) is 18.7. The summed E-state index contributed by atoms with van der Waals surface area (Å²) < 4.78 is 0.410. The Bertz CT molecular complexity index is 1120. The Morgan fingerprint density at radius 2 is 1.78 bits per heavy atom. The van der Waals surface area contributed by atoms with Crippen molar-refractivity contribution in [1.82, 2.24) is 15.0 Å². The number of hydrogen-bond acceptors (Lipinski definition) is 9. The van der Waals surface area contributed by atoms with Crippen molar-refractivity contribution in [2.75, 3.05) is 28.7 Å². The summed E-state index contributed by atoms with van der Waals surface area (Å²) in [4.78, 5) is 26.3. The van der Waals surface area contributed by atoms with Crippen LogP contribution in [-0.4, -0.2) is 39.2 Å². The molecular weight excluding hydrogens is 476 g/mol. The van der Waals surface area contributed by atoms with Crippen molar-refractivity contribution in [2.24, 2.45) is 5.10 Å². The van der Waals surface area contributed by atoms with E-state index in [1.807, 2.05) is 30.3 Å². The molecule has 0 amide bonds. The molecular formula is C21H21BrN8O2. The maximum atomic E-state index is 11.1. The van der Waals surface area contributed by atoms with E-state index in [0.717, 1.165) is 31.6 Å². The molecule has 164 valence electrons. The third-order valence-electron chi connectivity index (χ3n) is 4.84. The van der Waals surface area contributed by atoms with E-state index < -0.39 is 4.92 Å². The van der Waals surface area contributed by atoms with Gasteiger partial charge in [0.2, 0.25) is 17.8 Å². The van der Waals surface area contributed by atoms with Gasteiger partial charge >= 0.3 is 0 Å². The number of nitrogens with one attached hydrogen (secondary N) is 2. The smallest absolute Gasteiger partial charge is 0.284 e. The minimum absolute atomic E-state index is 0.0316. The van der Waals surface area contributed by atoms with E-state index in [1.165, 1.54) is 18.7 Å². The summed E-state index contributed by atoms with van der Waals surface area (Å²) in [5.41, 5.74) is 4.22. The molecule has 1 aromatic heterocycles. The number of nitrogens with zero attached hydrogens (tertiary/aromatic N) is 6. The Morgan fingerprint density at radius 1 is 1.03 bits per heavy atom. The molecule has 3 aromatic rings. The number of rotatable bonds is 7. The number of piperidine rings is 1. The van der Waals surface area contributed by atoms with Gasteiger partial charge in [-0.05, 0) is 53.4 Å². The lowest BCUT2D eigenvalue weighted by Crippen LogP contribution is -2.31. The van der Waals surface area contributed by atoms with Gasteiger partial charge in [0.15, 0.2) is 0 Å². The fourth-order valence-corrected chi connectivity index (χ4v) is 3.66. The Kier molecular flexibility index (Phi) is 6.85. The van der Waals surface area contributed by atoms with Gasteiger partial charge in [-0.2, -0.15) is 20.1 Å². The summed E-state index contributed by atoms with van der Waals surface area (Å²) in [6.45, 7) is 1.78. The first-order valence-electron chi connectivity index (χ1n) is 10.1. The van der Waals surface area contributed by atoms with Gasteiger partial charge in [-0.25, -0.2) is 5.43 Å². The van der Waals surface area contributed by atoms with Crippen molar-refractivity contribution >= 4 is 51.4 Å². The van der Waals surface area contributed by atoms with Crippen molar-refractivity contribution in [3.63, 3.8) is 0 Å². The summed E-state index contributed by atoms with van der Waals surface area (Å²) in [5.74, 6) is 1.26. The van der Waals surface area contributed by atoms with Gasteiger partial charge in [-0.3, -0.25) is 10.1 Å². The SMILES string of the molecule is O=[N+]([O-])c1cc(/C=N/Nc2nc(Nc3ccccc3)nc(N3CCCCC3)n2)ccc1Br. The molecule has 0 saturated carbocycles. The van der Waals surface area contributed by atoms with Crippen molar-refractivity contribution in [1.29, 1.82) is 0 Å². The molecule has 0 atom stereocenters. The number of halogens is 1. The van der Waals surface area contributed by atoms with Crippen molar-refractivity contribution in [3.05, 3.63) is 68.7 Å². The fraction of sp³-hybridized carbons (Fsp3) is 0.238. The molecule has 4 rings (SSSR count). The number of aromatic nitrogens is 3. The predicted molar refractivity (Wildman–Crippen MR) is 128 cm³/mol. The summed E-state index contributed by atoms with van der Waals surface area (Å²) in [7, 11) is 0. The minimum Gasteiger partial charge on any atom is -0.341 e. The van der Waals surface area contributed by atoms with Gasteiger partial charge in [-0.15, -0.1) is 0 Å². The van der Waals surface area contributed by atoms with Crippen molar-refractivity contribution in [3.8, 4) is 0 Å². The highest BCUT2D eigenvalue weighted by atomic mass is 79.9. The van der Waals surface area contributed by atoms with E-state index in [2.05, 4.69) is 51.6 Å². The standard InChI is InChI=1S/C21H21BrN8O2/c22-17-10-9-15(13-18(17)30(31)32)14-23-28-20-25-19(24-16-7-3-1-4-8-16)26-21(27-20)29-11-5-2-6-12-29/h1,3-4,7-10,13-14H,2,5-6,11-12H2,(H2,24,25,26,27,28)/b23-14+. The van der Waals surface area contributed by atoms with E-state index in [4.69, 9.17) is 0 Å². The summed E-state index contributed by atoms with van der Waals surface area (Å²) >= 11 is 3.18. The Labute approximate surface area is 193 Å². The van der Waals surface area contributed by atoms with Crippen LogP contribution in [0, 0.1) is 10.1 Å². The first-order chi connectivity index (χ1) is 15.6. The predicted octanol–water partition coefficient (Wildman–Crippen LogP) is 4.72. The zero-order chi connectivity index (χ0) is 22.3. The van der Waals surface area contributed by atoms with E-state index in [-0.39, 0.29) is 11.6 Å². The van der Waals surface area contributed by atoms with Crippen LogP contribution in [0.1, 0.15) is 24.8 Å². The van der Waals surface area contributed by atoms with E-state index >= 15 is 0 Å². The van der Waals surface area contributed by atoms with Gasteiger partial charge in [0.25, 0.3) is 5.69 Å². The van der Waals surface area contributed by atoms with E-state index in [9.17, 15) is 10.1 Å². The van der Waals surface area contributed by atoms with Crippen molar-refractivity contribution in [2.45, 2.75) is 19.3 Å². The Balaban J connectivity index is 1.56. The maximum Gasteiger partial charge on any atom is 0.284 e. The monoisotopic (exact) mass is 496 g/mol. The number of anilines is 4. The molecule has 2 aromatic carbocycles. The molecule has 1 fully saturated rings. The van der Waals surface area contributed by atoms with Gasteiger partial charge in [0.05, 0.1) is 15.6 Å². The molecule has 1 aliphatic rings. The molecule has 0 aliphatic carbocycles. The fourth-order valence-electron chi connectivity index (χ4n) is 3.27. The second-order valence-electron chi connectivity index (χ2n) is 7.16. The van der Waals surface area contributed by atoms with E-state index in [0.29, 0.717) is 21.9 Å². The van der Waals surface area contributed by atoms with Crippen LogP contribution in [0.15, 0.2) is 58.1 Å². The highest BCUT2D eigenvalue weighted by molar-refractivity contribution is 9.10. The van der Waals surface area contributed by atoms with Gasteiger partial charge in [0, 0.05) is 30.4 Å². The first-order valence-corrected chi connectivity index (χ1v) is 10.9. The number of benzene rings is 2. The molecule has 0 spiro atoms. The van der Waals surface area contributed by atoms with Crippen molar-refractivity contribution < 1.29 is 4.92 Å². The summed E-state index contributed by atoms with van der Waals surface area (Å²) in [6.07, 6.45) is 4.87. The van der Waals surface area contributed by atoms with Crippen LogP contribution in [0.2, 0.25) is 0 Å². The molecule has 11 heteroatoms. The Morgan fingerprint density at radius 3 is 2.53 bits per heavy atom. The lowest BCUT2D eigenvalue weighted by molar-refractivity contribution is -0.385. The van der Waals surface area contributed by atoms with Crippen LogP contribution in [0.4, 0.5) is 29.2 Å². The number of nitro benzene ring substituents is 1. The number of nitro groups is 1. The molecule has 2 heterocycles. The number of hydrogen-bond donors (Lipinski definition) is 2. The van der Waals surface area contributed by atoms with Gasteiger partial charge in [0.1, 0.15) is 0 Å². The second-order valence-corrected chi connectivity index (χ2v) is 8.01. The number of hydrazone groups is 1. The van der Waals surface area contributed by atoms with Crippen LogP contribution < -0.4 is 15.6 Å². The molecule has 0 radical (unpaired) electrons. The maximum absolute atomic E-state index is 11.1. The molecule has 32 heavy (non-hydrogen) atoms. The lowest BCUT2D eigenvalue weighted by Gasteiger charge is -2.26. The molecule has 2 N–H and O–H groups in total. The largest absolute Gasteiger partial charge is 0.341 e. The highest BCUT2D eigenvalue weighted by Crippen LogP contribution is 2.25. The van der Waals surface area contributed by atoms with Crippen LogP contribution >= 0.6 is 15.9 Å². The normalized spacial score (nSPS) is 13.8. The number of para-hydroxylation sites is 1. The third-order valence-corrected chi connectivity index (χ3v) is 5.51. The molecule has 10 nitrogen and oxygen atoms in total. The molecule has 0 bridgehead atoms. The van der Waals surface area contributed by atoms with E-state index in [1.54, 1.807) is 12.1 Å². The first kappa shape index (κ1) is 21.6. The van der Waals surface area contributed by atoms with Crippen LogP contribution in [0.3, 0.4) is 0 Å². The van der Waals surface area contributed by atoms with Gasteiger partial charge < -0.3 is 10.2 Å². The summed E-state index contributed by atoms with van der Waals surface area (Å²) in [5, 5.41) is 18.5. The van der Waals surface area contributed by atoms with Crippen LogP contribution in [-0.2, 0) is 0 Å². The summed E-state index contributed by atoms with van der Waals surface area (Å²) in [6, 6.07) is 14.4. The minimum atomic E-state index is -0.451. The zero-order valence-electron chi connectivity index (χ0n) is 17.1. The van der Waals surface area contributed by atoms with Crippen LogP contribution in [0.5, 0.6) is 0 Å². The lowest BCUT2D eigenvalue weighted by atomic mass is 10.1. The Hall–Kier alpha value is -3.60. The quantitative estimate of drug-likeness (QED) is 0.273. The molecule has 1 aliphatic heterocycles. The van der Waals surface area contributed by atoms with Gasteiger partial charge in [-0.1, -0.05) is 24.3 Å².